The first-order valence-corrected chi connectivity index (χ1v) is 7.65. The zero-order chi connectivity index (χ0) is 14.5. The first-order valence-electron chi connectivity index (χ1n) is 6.57. The van der Waals surface area contributed by atoms with Crippen LogP contribution < -0.4 is 5.32 Å². The molecule has 0 fully saturated rings. The number of carbonyl (C=O) groups is 2. The monoisotopic (exact) mass is 385 g/mol. The zero-order valence-electron chi connectivity index (χ0n) is 11.0. The number of carboxylic acid groups (broad SMARTS) is 1. The van der Waals surface area contributed by atoms with Gasteiger partial charge in [-0.15, -0.1) is 0 Å². The molecular weight excluding hydrogens is 369 g/mol. The SMILES string of the molecule is O=C(CC1=CCCCC1)Nc1ccc(I)cc1C(=O)O. The molecule has 0 aromatic heterocycles. The van der Waals surface area contributed by atoms with E-state index in [1.54, 1.807) is 18.2 Å². The number of amides is 1. The topological polar surface area (TPSA) is 66.4 Å². The summed E-state index contributed by atoms with van der Waals surface area (Å²) in [7, 11) is 0. The maximum absolute atomic E-state index is 12.0. The van der Waals surface area contributed by atoms with Gasteiger partial charge in [-0.1, -0.05) is 11.6 Å². The van der Waals surface area contributed by atoms with Crippen LogP contribution in [-0.4, -0.2) is 17.0 Å². The lowest BCUT2D eigenvalue weighted by Crippen LogP contribution is -2.15. The molecule has 2 N–H and O–H groups in total. The lowest BCUT2D eigenvalue weighted by Gasteiger charge is -2.13. The zero-order valence-corrected chi connectivity index (χ0v) is 13.1. The predicted octanol–water partition coefficient (Wildman–Crippen LogP) is 3.82. The number of hydrogen-bond donors (Lipinski definition) is 2. The van der Waals surface area contributed by atoms with Crippen LogP contribution in [0.1, 0.15) is 42.5 Å². The van der Waals surface area contributed by atoms with Crippen molar-refractivity contribution in [3.05, 3.63) is 39.0 Å². The normalized spacial score (nSPS) is 14.6. The molecule has 0 spiro atoms. The Hall–Kier alpha value is -1.37. The van der Waals surface area contributed by atoms with Crippen LogP contribution in [-0.2, 0) is 4.79 Å². The third kappa shape index (κ3) is 4.06. The van der Waals surface area contributed by atoms with Crippen molar-refractivity contribution >= 4 is 40.2 Å². The summed E-state index contributed by atoms with van der Waals surface area (Å²) in [5.74, 6) is -1.18. The van der Waals surface area contributed by atoms with Crippen LogP contribution in [0.15, 0.2) is 29.8 Å². The molecule has 0 unspecified atom stereocenters. The van der Waals surface area contributed by atoms with Gasteiger partial charge >= 0.3 is 5.97 Å². The first kappa shape index (κ1) is 15.0. The number of rotatable bonds is 4. The van der Waals surface area contributed by atoms with Crippen molar-refractivity contribution in [2.45, 2.75) is 32.1 Å². The number of carbonyl (C=O) groups excluding carboxylic acids is 1. The third-order valence-electron chi connectivity index (χ3n) is 3.26. The van der Waals surface area contributed by atoms with Crippen molar-refractivity contribution in [3.8, 4) is 0 Å². The third-order valence-corrected chi connectivity index (χ3v) is 3.93. The Morgan fingerprint density at radius 2 is 2.10 bits per heavy atom. The molecule has 1 amide bonds. The van der Waals surface area contributed by atoms with E-state index in [-0.39, 0.29) is 11.5 Å². The molecule has 1 aromatic rings. The number of carboxylic acids is 1. The molecule has 0 aliphatic heterocycles. The summed E-state index contributed by atoms with van der Waals surface area (Å²) in [6, 6.07) is 4.97. The Bertz CT molecular complexity index is 566. The smallest absolute Gasteiger partial charge is 0.337 e. The van der Waals surface area contributed by atoms with Crippen LogP contribution in [0.5, 0.6) is 0 Å². The molecule has 0 saturated carbocycles. The molecule has 1 aliphatic carbocycles. The number of nitrogens with one attached hydrogen (secondary N) is 1. The Morgan fingerprint density at radius 1 is 1.30 bits per heavy atom. The first-order chi connectivity index (χ1) is 9.56. The second-order valence-corrected chi connectivity index (χ2v) is 6.07. The fraction of sp³-hybridized carbons (Fsp3) is 0.333. The summed E-state index contributed by atoms with van der Waals surface area (Å²) in [5.41, 5.74) is 1.64. The van der Waals surface area contributed by atoms with Crippen LogP contribution in [0.2, 0.25) is 0 Å². The highest BCUT2D eigenvalue weighted by Gasteiger charge is 2.14. The van der Waals surface area contributed by atoms with Crippen molar-refractivity contribution in [1.82, 2.24) is 0 Å². The molecule has 0 heterocycles. The standard InChI is InChI=1S/C15H16INO3/c16-11-6-7-13(12(9-11)15(19)20)17-14(18)8-10-4-2-1-3-5-10/h4,6-7,9H,1-3,5,8H2,(H,17,18)(H,19,20). The van der Waals surface area contributed by atoms with Gasteiger partial charge in [-0.3, -0.25) is 4.79 Å². The summed E-state index contributed by atoms with van der Waals surface area (Å²) in [5, 5.41) is 11.9. The van der Waals surface area contributed by atoms with Crippen LogP contribution in [0.3, 0.4) is 0 Å². The Morgan fingerprint density at radius 3 is 2.75 bits per heavy atom. The fourth-order valence-corrected chi connectivity index (χ4v) is 2.76. The van der Waals surface area contributed by atoms with Gasteiger partial charge in [0.1, 0.15) is 0 Å². The lowest BCUT2D eigenvalue weighted by atomic mass is 9.97. The van der Waals surface area contributed by atoms with Gasteiger partial charge in [0.15, 0.2) is 0 Å². The largest absolute Gasteiger partial charge is 0.478 e. The van der Waals surface area contributed by atoms with Gasteiger partial charge in [-0.05, 0) is 66.5 Å². The quantitative estimate of drug-likeness (QED) is 0.612. The maximum Gasteiger partial charge on any atom is 0.337 e. The highest BCUT2D eigenvalue weighted by Crippen LogP contribution is 2.22. The number of anilines is 1. The van der Waals surface area contributed by atoms with E-state index >= 15 is 0 Å². The molecule has 0 atom stereocenters. The van der Waals surface area contributed by atoms with Crippen LogP contribution in [0.4, 0.5) is 5.69 Å². The summed E-state index contributed by atoms with van der Waals surface area (Å²) in [4.78, 5) is 23.2. The molecule has 1 aromatic carbocycles. The van der Waals surface area contributed by atoms with Crippen molar-refractivity contribution in [2.24, 2.45) is 0 Å². The van der Waals surface area contributed by atoms with Crippen molar-refractivity contribution in [3.63, 3.8) is 0 Å². The Labute approximate surface area is 131 Å². The van der Waals surface area contributed by atoms with E-state index < -0.39 is 5.97 Å². The van der Waals surface area contributed by atoms with E-state index in [4.69, 9.17) is 5.11 Å². The van der Waals surface area contributed by atoms with Gasteiger partial charge in [0, 0.05) is 9.99 Å². The van der Waals surface area contributed by atoms with Crippen LogP contribution in [0.25, 0.3) is 0 Å². The van der Waals surface area contributed by atoms with Crippen LogP contribution in [0, 0.1) is 3.57 Å². The molecule has 4 nitrogen and oxygen atoms in total. The van der Waals surface area contributed by atoms with Crippen LogP contribution >= 0.6 is 22.6 Å². The van der Waals surface area contributed by atoms with E-state index in [1.807, 2.05) is 22.6 Å². The number of halogens is 1. The number of benzene rings is 1. The van der Waals surface area contributed by atoms with Gasteiger partial charge < -0.3 is 10.4 Å². The van der Waals surface area contributed by atoms with Gasteiger partial charge in [0.25, 0.3) is 0 Å². The average molecular weight is 385 g/mol. The molecule has 0 saturated heterocycles. The minimum atomic E-state index is -1.03. The molecule has 5 heteroatoms. The minimum absolute atomic E-state index is 0.128. The molecular formula is C15H16INO3. The fourth-order valence-electron chi connectivity index (χ4n) is 2.27. The average Bonchev–Trinajstić information content (AvgIpc) is 2.41. The van der Waals surface area contributed by atoms with Gasteiger partial charge in [-0.25, -0.2) is 4.79 Å². The Kier molecular flexibility index (Phi) is 5.17. The predicted molar refractivity (Wildman–Crippen MR) is 85.9 cm³/mol. The van der Waals surface area contributed by atoms with E-state index in [1.165, 1.54) is 6.42 Å². The maximum atomic E-state index is 12.0. The van der Waals surface area contributed by atoms with Gasteiger partial charge in [0.2, 0.25) is 5.91 Å². The number of allylic oxidation sites excluding steroid dienone is 1. The summed E-state index contributed by atoms with van der Waals surface area (Å²) >= 11 is 2.05. The summed E-state index contributed by atoms with van der Waals surface area (Å²) < 4.78 is 0.827. The molecule has 0 radical (unpaired) electrons. The highest BCUT2D eigenvalue weighted by atomic mass is 127. The lowest BCUT2D eigenvalue weighted by molar-refractivity contribution is -0.115. The van der Waals surface area contributed by atoms with Gasteiger partial charge in [0.05, 0.1) is 11.3 Å². The molecule has 2 rings (SSSR count). The minimum Gasteiger partial charge on any atom is -0.478 e. The summed E-state index contributed by atoms with van der Waals surface area (Å²) in [6.45, 7) is 0. The Balaban J connectivity index is 2.07. The number of hydrogen-bond acceptors (Lipinski definition) is 2. The number of aromatic carboxylic acids is 1. The van der Waals surface area contributed by atoms with Crippen molar-refractivity contribution in [1.29, 1.82) is 0 Å². The second-order valence-electron chi connectivity index (χ2n) is 4.83. The second kappa shape index (κ2) is 6.88. The molecule has 1 aliphatic rings. The highest BCUT2D eigenvalue weighted by molar-refractivity contribution is 14.1. The molecule has 0 bridgehead atoms. The van der Waals surface area contributed by atoms with E-state index in [9.17, 15) is 9.59 Å². The summed E-state index contributed by atoms with van der Waals surface area (Å²) in [6.07, 6.45) is 6.78. The van der Waals surface area contributed by atoms with Gasteiger partial charge in [-0.2, -0.15) is 0 Å². The van der Waals surface area contributed by atoms with E-state index in [0.717, 1.165) is 28.4 Å². The van der Waals surface area contributed by atoms with E-state index in [2.05, 4.69) is 11.4 Å². The molecule has 106 valence electrons. The van der Waals surface area contributed by atoms with Crippen molar-refractivity contribution in [2.75, 3.05) is 5.32 Å². The molecule has 20 heavy (non-hydrogen) atoms. The van der Waals surface area contributed by atoms with Crippen molar-refractivity contribution < 1.29 is 14.7 Å². The van der Waals surface area contributed by atoms with E-state index in [0.29, 0.717) is 12.1 Å².